The minimum atomic E-state index is -4.75. The van der Waals surface area contributed by atoms with Gasteiger partial charge < -0.3 is 14.5 Å². The van der Waals surface area contributed by atoms with Gasteiger partial charge in [-0.3, -0.25) is 14.7 Å². The number of hydrogen-bond acceptors (Lipinski definition) is 5. The van der Waals surface area contributed by atoms with Gasteiger partial charge >= 0.3 is 6.36 Å². The summed E-state index contributed by atoms with van der Waals surface area (Å²) in [5.74, 6) is -0.0159. The molecule has 5 rings (SSSR count). The number of halogens is 3. The number of alkyl halides is 3. The number of fused-ring (bicyclic) bond motifs is 2. The van der Waals surface area contributed by atoms with Crippen LogP contribution in [0.15, 0.2) is 48.5 Å². The molecule has 2 saturated heterocycles. The molecular weight excluding hydrogens is 463 g/mol. The van der Waals surface area contributed by atoms with E-state index in [4.69, 9.17) is 0 Å². The molecule has 2 aliphatic rings. The summed E-state index contributed by atoms with van der Waals surface area (Å²) in [5, 5.41) is 10.5. The lowest BCUT2D eigenvalue weighted by Gasteiger charge is -2.34. The molecule has 2 atom stereocenters. The van der Waals surface area contributed by atoms with Crippen molar-refractivity contribution in [2.75, 3.05) is 26.2 Å². The van der Waals surface area contributed by atoms with Gasteiger partial charge in [-0.25, -0.2) is 0 Å². The average Bonchev–Trinajstić information content (AvgIpc) is 3.48. The average molecular weight is 485 g/mol. The number of rotatable bonds is 4. The molecule has 0 spiro atoms. The van der Waals surface area contributed by atoms with Crippen molar-refractivity contribution < 1.29 is 27.5 Å². The third-order valence-corrected chi connectivity index (χ3v) is 6.50. The minimum Gasteiger partial charge on any atom is -0.406 e. The van der Waals surface area contributed by atoms with E-state index in [1.54, 1.807) is 29.2 Å². The Hall–Kier alpha value is -3.89. The number of amides is 2. The van der Waals surface area contributed by atoms with Crippen LogP contribution in [0.4, 0.5) is 13.2 Å². The van der Waals surface area contributed by atoms with E-state index in [9.17, 15) is 22.8 Å². The van der Waals surface area contributed by atoms with Gasteiger partial charge in [0.05, 0.1) is 5.52 Å². The van der Waals surface area contributed by atoms with Crippen LogP contribution in [0.3, 0.4) is 0 Å². The SMILES string of the molecule is O=C(/C=C/c1ccc(OC(F)(F)F)cc1)N1CC2CCN(C(=O)c3ccc4[nH]nnc4c3)CC2C1. The second-order valence-electron chi connectivity index (χ2n) is 8.80. The normalized spacial score (nSPS) is 20.4. The summed E-state index contributed by atoms with van der Waals surface area (Å²) in [6.45, 7) is 2.38. The molecule has 0 bridgehead atoms. The summed E-state index contributed by atoms with van der Waals surface area (Å²) in [4.78, 5) is 29.4. The first-order valence-corrected chi connectivity index (χ1v) is 11.2. The fraction of sp³-hybridized carbons (Fsp3) is 0.333. The molecule has 35 heavy (non-hydrogen) atoms. The first-order chi connectivity index (χ1) is 16.7. The topological polar surface area (TPSA) is 91.4 Å². The van der Waals surface area contributed by atoms with Crippen molar-refractivity contribution in [1.29, 1.82) is 0 Å². The molecule has 2 unspecified atom stereocenters. The smallest absolute Gasteiger partial charge is 0.406 e. The van der Waals surface area contributed by atoms with Crippen LogP contribution in [-0.2, 0) is 4.79 Å². The Morgan fingerprint density at radius 1 is 1.03 bits per heavy atom. The summed E-state index contributed by atoms with van der Waals surface area (Å²) >= 11 is 0. The summed E-state index contributed by atoms with van der Waals surface area (Å²) in [6, 6.07) is 10.6. The van der Waals surface area contributed by atoms with Crippen molar-refractivity contribution in [2.24, 2.45) is 11.8 Å². The van der Waals surface area contributed by atoms with Crippen LogP contribution < -0.4 is 4.74 Å². The number of nitrogens with zero attached hydrogens (tertiary/aromatic N) is 4. The molecule has 11 heteroatoms. The summed E-state index contributed by atoms with van der Waals surface area (Å²) < 4.78 is 40.7. The molecule has 0 saturated carbocycles. The molecule has 3 aromatic rings. The van der Waals surface area contributed by atoms with E-state index in [2.05, 4.69) is 20.1 Å². The molecule has 182 valence electrons. The van der Waals surface area contributed by atoms with Crippen molar-refractivity contribution in [1.82, 2.24) is 25.2 Å². The Morgan fingerprint density at radius 3 is 2.54 bits per heavy atom. The second kappa shape index (κ2) is 9.05. The Balaban J connectivity index is 1.17. The first kappa shape index (κ1) is 22.9. The van der Waals surface area contributed by atoms with Gasteiger partial charge in [0.2, 0.25) is 5.91 Å². The fourth-order valence-electron chi connectivity index (χ4n) is 4.74. The van der Waals surface area contributed by atoms with Crippen LogP contribution in [0, 0.1) is 11.8 Å². The fourth-order valence-corrected chi connectivity index (χ4v) is 4.74. The van der Waals surface area contributed by atoms with Crippen molar-refractivity contribution >= 4 is 28.9 Å². The highest BCUT2D eigenvalue weighted by molar-refractivity contribution is 5.97. The summed E-state index contributed by atoms with van der Waals surface area (Å²) in [6.07, 6.45) is -0.938. The standard InChI is InChI=1S/C24H22F3N5O3/c25-24(26,27)35-19-5-1-15(2-6-19)3-8-22(33)32-12-17-9-10-31(13-18(17)14-32)23(34)16-4-7-20-21(11-16)29-30-28-20/h1-8,11,17-18H,9-10,12-14H2,(H,28,29,30)/b8-3+. The van der Waals surface area contributed by atoms with Gasteiger partial charge in [0.25, 0.3) is 5.91 Å². The van der Waals surface area contributed by atoms with Crippen LogP contribution in [0.25, 0.3) is 17.1 Å². The number of carbonyl (C=O) groups is 2. The lowest BCUT2D eigenvalue weighted by atomic mass is 9.88. The number of H-pyrrole nitrogens is 1. The third kappa shape index (κ3) is 5.13. The predicted molar refractivity (Wildman–Crippen MR) is 120 cm³/mol. The van der Waals surface area contributed by atoms with Crippen molar-refractivity contribution in [3.63, 3.8) is 0 Å². The number of likely N-dealkylation sites (tertiary alicyclic amines) is 2. The Kier molecular flexibility index (Phi) is 5.91. The van der Waals surface area contributed by atoms with E-state index >= 15 is 0 Å². The molecule has 2 amide bonds. The zero-order valence-electron chi connectivity index (χ0n) is 18.5. The van der Waals surface area contributed by atoms with Crippen molar-refractivity contribution in [3.05, 3.63) is 59.7 Å². The molecule has 0 radical (unpaired) electrons. The monoisotopic (exact) mass is 485 g/mol. The van der Waals surface area contributed by atoms with Gasteiger partial charge in [-0.1, -0.05) is 17.3 Å². The van der Waals surface area contributed by atoms with Gasteiger partial charge in [-0.15, -0.1) is 18.3 Å². The zero-order chi connectivity index (χ0) is 24.6. The first-order valence-electron chi connectivity index (χ1n) is 11.2. The maximum atomic E-state index is 13.0. The van der Waals surface area contributed by atoms with E-state index in [1.165, 1.54) is 30.3 Å². The highest BCUT2D eigenvalue weighted by Crippen LogP contribution is 2.32. The van der Waals surface area contributed by atoms with Gasteiger partial charge in [0.15, 0.2) is 0 Å². The van der Waals surface area contributed by atoms with Crippen molar-refractivity contribution in [2.45, 2.75) is 12.8 Å². The molecule has 2 aromatic carbocycles. The molecule has 2 fully saturated rings. The van der Waals surface area contributed by atoms with Crippen molar-refractivity contribution in [3.8, 4) is 5.75 Å². The van der Waals surface area contributed by atoms with Crippen LogP contribution in [-0.4, -0.2) is 69.6 Å². The predicted octanol–water partition coefficient (Wildman–Crippen LogP) is 3.49. The number of benzene rings is 2. The van der Waals surface area contributed by atoms with E-state index in [1.807, 2.05) is 4.90 Å². The highest BCUT2D eigenvalue weighted by atomic mass is 19.4. The minimum absolute atomic E-state index is 0.0593. The third-order valence-electron chi connectivity index (χ3n) is 6.50. The summed E-state index contributed by atoms with van der Waals surface area (Å²) in [7, 11) is 0. The zero-order valence-corrected chi connectivity index (χ0v) is 18.5. The van der Waals surface area contributed by atoms with Gasteiger partial charge in [-0.2, -0.15) is 0 Å². The number of hydrogen-bond donors (Lipinski definition) is 1. The lowest BCUT2D eigenvalue weighted by molar-refractivity contribution is -0.274. The molecular formula is C24H22F3N5O3. The Bertz CT molecular complexity index is 1270. The summed E-state index contributed by atoms with van der Waals surface area (Å²) in [5.41, 5.74) is 2.55. The maximum absolute atomic E-state index is 13.0. The number of nitrogens with one attached hydrogen (secondary N) is 1. The maximum Gasteiger partial charge on any atom is 0.573 e. The van der Waals surface area contributed by atoms with Gasteiger partial charge in [0.1, 0.15) is 11.3 Å². The van der Waals surface area contributed by atoms with Gasteiger partial charge in [0, 0.05) is 37.8 Å². The highest BCUT2D eigenvalue weighted by Gasteiger charge is 2.39. The van der Waals surface area contributed by atoms with E-state index in [-0.39, 0.29) is 23.5 Å². The number of carbonyl (C=O) groups excluding carboxylic acids is 2. The largest absolute Gasteiger partial charge is 0.573 e. The number of aromatic nitrogens is 3. The molecule has 8 nitrogen and oxygen atoms in total. The number of aromatic amines is 1. The lowest BCUT2D eigenvalue weighted by Crippen LogP contribution is -2.43. The van der Waals surface area contributed by atoms with E-state index in [0.717, 1.165) is 11.9 Å². The second-order valence-corrected chi connectivity index (χ2v) is 8.80. The number of ether oxygens (including phenoxy) is 1. The molecule has 0 aliphatic carbocycles. The Labute approximate surface area is 198 Å². The van der Waals surface area contributed by atoms with E-state index < -0.39 is 6.36 Å². The molecule has 1 aromatic heterocycles. The molecule has 2 aliphatic heterocycles. The van der Waals surface area contributed by atoms with Crippen LogP contribution >= 0.6 is 0 Å². The van der Waals surface area contributed by atoms with Crippen LogP contribution in [0.5, 0.6) is 5.75 Å². The van der Waals surface area contributed by atoms with Crippen LogP contribution in [0.1, 0.15) is 22.3 Å². The molecule has 3 heterocycles. The van der Waals surface area contributed by atoms with Gasteiger partial charge in [-0.05, 0) is 60.2 Å². The van der Waals surface area contributed by atoms with E-state index in [0.29, 0.717) is 48.7 Å². The Morgan fingerprint density at radius 2 is 1.77 bits per heavy atom. The number of piperidine rings is 1. The molecule has 1 N–H and O–H groups in total. The van der Waals surface area contributed by atoms with Crippen LogP contribution in [0.2, 0.25) is 0 Å². The quantitative estimate of drug-likeness (QED) is 0.572.